The Morgan fingerprint density at radius 1 is 1.38 bits per heavy atom. The maximum atomic E-state index is 13.7. The summed E-state index contributed by atoms with van der Waals surface area (Å²) in [6, 6.07) is 11.2. The summed E-state index contributed by atoms with van der Waals surface area (Å²) < 4.78 is 19.1. The number of nitriles is 1. The molecule has 2 rings (SSSR count). The van der Waals surface area contributed by atoms with E-state index in [1.165, 1.54) is 12.1 Å². The van der Waals surface area contributed by atoms with Gasteiger partial charge in [-0.2, -0.15) is 5.26 Å². The summed E-state index contributed by atoms with van der Waals surface area (Å²) in [7, 11) is 0. The molecule has 1 aromatic heterocycles. The summed E-state index contributed by atoms with van der Waals surface area (Å²) >= 11 is 0. The van der Waals surface area contributed by atoms with Crippen molar-refractivity contribution >= 4 is 12.0 Å². The minimum atomic E-state index is -0.469. The third-order valence-corrected chi connectivity index (χ3v) is 2.76. The molecule has 0 radical (unpaired) electrons. The van der Waals surface area contributed by atoms with Crippen molar-refractivity contribution in [2.45, 2.75) is 6.92 Å². The molecule has 0 aliphatic rings. The molecule has 0 fully saturated rings. The predicted octanol–water partition coefficient (Wildman–Crippen LogP) is 3.13. The van der Waals surface area contributed by atoms with Crippen LogP contribution < -0.4 is 5.32 Å². The van der Waals surface area contributed by atoms with Crippen LogP contribution >= 0.6 is 0 Å². The molecule has 0 atom stereocenters. The lowest BCUT2D eigenvalue weighted by molar-refractivity contribution is -0.116. The number of hydrogen-bond acceptors (Lipinski definition) is 3. The number of amides is 1. The second-order valence-corrected chi connectivity index (χ2v) is 4.21. The second-order valence-electron chi connectivity index (χ2n) is 4.21. The first kappa shape index (κ1) is 14.5. The highest BCUT2D eigenvalue weighted by Crippen LogP contribution is 2.25. The third-order valence-electron chi connectivity index (χ3n) is 2.76. The lowest BCUT2D eigenvalue weighted by Crippen LogP contribution is -2.23. The third kappa shape index (κ3) is 3.37. The molecule has 0 saturated heterocycles. The van der Waals surface area contributed by atoms with E-state index in [0.717, 1.165) is 0 Å². The molecule has 0 spiro atoms. The minimum Gasteiger partial charge on any atom is -0.457 e. The van der Waals surface area contributed by atoms with E-state index in [2.05, 4.69) is 5.32 Å². The standard InChI is InChI=1S/C16H13FN2O2/c1-2-19-16(20)11(10-18)9-12-7-8-15(21-12)13-5-3-4-6-14(13)17/h3-9H,2H2,1H3,(H,19,20)/b11-9+. The van der Waals surface area contributed by atoms with Gasteiger partial charge in [-0.25, -0.2) is 4.39 Å². The quantitative estimate of drug-likeness (QED) is 0.693. The molecule has 1 heterocycles. The molecule has 0 saturated carbocycles. The molecular formula is C16H13FN2O2. The van der Waals surface area contributed by atoms with Crippen LogP contribution in [0.1, 0.15) is 12.7 Å². The molecule has 1 amide bonds. The van der Waals surface area contributed by atoms with Crippen LogP contribution in [0.2, 0.25) is 0 Å². The number of rotatable bonds is 4. The van der Waals surface area contributed by atoms with Gasteiger partial charge in [-0.05, 0) is 31.2 Å². The maximum absolute atomic E-state index is 13.7. The van der Waals surface area contributed by atoms with Crippen molar-refractivity contribution in [3.05, 3.63) is 53.5 Å². The first-order valence-electron chi connectivity index (χ1n) is 6.40. The Balaban J connectivity index is 2.30. The van der Waals surface area contributed by atoms with E-state index in [1.54, 1.807) is 37.3 Å². The monoisotopic (exact) mass is 284 g/mol. The highest BCUT2D eigenvalue weighted by Gasteiger charge is 2.11. The summed E-state index contributed by atoms with van der Waals surface area (Å²) in [6.07, 6.45) is 1.33. The van der Waals surface area contributed by atoms with Crippen molar-refractivity contribution in [2.75, 3.05) is 6.54 Å². The van der Waals surface area contributed by atoms with Gasteiger partial charge in [0, 0.05) is 12.6 Å². The summed E-state index contributed by atoms with van der Waals surface area (Å²) in [5.41, 5.74) is 0.264. The van der Waals surface area contributed by atoms with Gasteiger partial charge in [0.25, 0.3) is 5.91 Å². The number of benzene rings is 1. The largest absolute Gasteiger partial charge is 0.457 e. The van der Waals surface area contributed by atoms with Crippen molar-refractivity contribution in [3.8, 4) is 17.4 Å². The predicted molar refractivity (Wildman–Crippen MR) is 76.4 cm³/mol. The maximum Gasteiger partial charge on any atom is 0.262 e. The van der Waals surface area contributed by atoms with E-state index in [-0.39, 0.29) is 5.57 Å². The molecule has 1 N–H and O–H groups in total. The van der Waals surface area contributed by atoms with E-state index in [1.807, 2.05) is 6.07 Å². The molecule has 5 heteroatoms. The van der Waals surface area contributed by atoms with Crippen LogP contribution in [0.5, 0.6) is 0 Å². The van der Waals surface area contributed by atoms with Crippen LogP contribution in [0.4, 0.5) is 4.39 Å². The van der Waals surface area contributed by atoms with E-state index >= 15 is 0 Å². The van der Waals surface area contributed by atoms with Gasteiger partial charge < -0.3 is 9.73 Å². The average Bonchev–Trinajstić information content (AvgIpc) is 2.93. The van der Waals surface area contributed by atoms with Gasteiger partial charge in [0.15, 0.2) is 0 Å². The van der Waals surface area contributed by atoms with Gasteiger partial charge in [0.05, 0.1) is 5.56 Å². The highest BCUT2D eigenvalue weighted by atomic mass is 19.1. The molecule has 2 aromatic rings. The van der Waals surface area contributed by atoms with Crippen LogP contribution in [0.3, 0.4) is 0 Å². The van der Waals surface area contributed by atoms with E-state index in [4.69, 9.17) is 9.68 Å². The molecule has 0 aliphatic carbocycles. The molecule has 106 valence electrons. The first-order chi connectivity index (χ1) is 10.2. The number of carbonyl (C=O) groups is 1. The van der Waals surface area contributed by atoms with Crippen molar-refractivity contribution in [2.24, 2.45) is 0 Å². The van der Waals surface area contributed by atoms with Crippen molar-refractivity contribution < 1.29 is 13.6 Å². The van der Waals surface area contributed by atoms with E-state index in [0.29, 0.717) is 23.6 Å². The van der Waals surface area contributed by atoms with Gasteiger partial charge in [-0.15, -0.1) is 0 Å². The number of furan rings is 1. The Labute approximate surface area is 121 Å². The summed E-state index contributed by atoms with van der Waals surface area (Å²) in [4.78, 5) is 11.6. The Hall–Kier alpha value is -2.87. The number of nitrogens with zero attached hydrogens (tertiary/aromatic N) is 1. The Morgan fingerprint density at radius 3 is 2.81 bits per heavy atom. The minimum absolute atomic E-state index is 0.0636. The summed E-state index contributed by atoms with van der Waals surface area (Å²) in [5, 5.41) is 11.5. The van der Waals surface area contributed by atoms with E-state index in [9.17, 15) is 9.18 Å². The van der Waals surface area contributed by atoms with Gasteiger partial charge in [-0.3, -0.25) is 4.79 Å². The van der Waals surface area contributed by atoms with Crippen LogP contribution in [0.25, 0.3) is 17.4 Å². The normalized spacial score (nSPS) is 11.0. The molecule has 1 aromatic carbocycles. The zero-order valence-corrected chi connectivity index (χ0v) is 11.4. The molecule has 0 bridgehead atoms. The van der Waals surface area contributed by atoms with Crippen LogP contribution in [0.15, 0.2) is 46.4 Å². The lowest BCUT2D eigenvalue weighted by atomic mass is 10.1. The molecule has 4 nitrogen and oxygen atoms in total. The van der Waals surface area contributed by atoms with Crippen molar-refractivity contribution in [3.63, 3.8) is 0 Å². The Morgan fingerprint density at radius 2 is 2.14 bits per heavy atom. The number of hydrogen-bond donors (Lipinski definition) is 1. The van der Waals surface area contributed by atoms with Gasteiger partial charge in [0.1, 0.15) is 29.0 Å². The molecule has 21 heavy (non-hydrogen) atoms. The summed E-state index contributed by atoms with van der Waals surface area (Å²) in [6.45, 7) is 2.19. The van der Waals surface area contributed by atoms with Crippen LogP contribution in [0, 0.1) is 17.1 Å². The number of nitrogens with one attached hydrogen (secondary N) is 1. The molecular weight excluding hydrogens is 271 g/mol. The topological polar surface area (TPSA) is 66.0 Å². The van der Waals surface area contributed by atoms with E-state index < -0.39 is 11.7 Å². The first-order valence-corrected chi connectivity index (χ1v) is 6.40. The zero-order chi connectivity index (χ0) is 15.2. The van der Waals surface area contributed by atoms with Crippen LogP contribution in [-0.4, -0.2) is 12.5 Å². The Kier molecular flexibility index (Phi) is 4.52. The fourth-order valence-corrected chi connectivity index (χ4v) is 1.78. The van der Waals surface area contributed by atoms with Gasteiger partial charge >= 0.3 is 0 Å². The van der Waals surface area contributed by atoms with Crippen molar-refractivity contribution in [1.29, 1.82) is 5.26 Å². The zero-order valence-electron chi connectivity index (χ0n) is 11.4. The highest BCUT2D eigenvalue weighted by molar-refractivity contribution is 6.01. The molecule has 0 unspecified atom stereocenters. The van der Waals surface area contributed by atoms with Crippen LogP contribution in [-0.2, 0) is 4.79 Å². The number of likely N-dealkylation sites (N-methyl/N-ethyl adjacent to an activating group) is 1. The fraction of sp³-hybridized carbons (Fsp3) is 0.125. The SMILES string of the molecule is CCNC(=O)/C(C#N)=C/c1ccc(-c2ccccc2F)o1. The van der Waals surface area contributed by atoms with Gasteiger partial charge in [0.2, 0.25) is 0 Å². The smallest absolute Gasteiger partial charge is 0.262 e. The lowest BCUT2D eigenvalue weighted by Gasteiger charge is -1.99. The average molecular weight is 284 g/mol. The van der Waals surface area contributed by atoms with Crippen molar-refractivity contribution in [1.82, 2.24) is 5.32 Å². The fourth-order valence-electron chi connectivity index (χ4n) is 1.78. The number of halogens is 1. The number of carbonyl (C=O) groups excluding carboxylic acids is 1. The molecule has 0 aliphatic heterocycles. The summed E-state index contributed by atoms with van der Waals surface area (Å²) in [5.74, 6) is -0.209. The van der Waals surface area contributed by atoms with Gasteiger partial charge in [-0.1, -0.05) is 12.1 Å². The second kappa shape index (κ2) is 6.53. The Bertz CT molecular complexity index is 726.